The molecule has 4 N–H and O–H groups in total. The largest absolute Gasteiger partial charge is 0.382 e. The molecule has 10 heteroatoms. The number of halogens is 1. The topological polar surface area (TPSA) is 117 Å². The highest BCUT2D eigenvalue weighted by molar-refractivity contribution is 14.0. The van der Waals surface area contributed by atoms with E-state index in [4.69, 9.17) is 5.73 Å². The molecular weight excluding hydrogens is 523 g/mol. The van der Waals surface area contributed by atoms with Gasteiger partial charge in [0.25, 0.3) is 0 Å². The Labute approximate surface area is 203 Å². The van der Waals surface area contributed by atoms with Gasteiger partial charge in [0.1, 0.15) is 22.5 Å². The number of nitrogens with zero attached hydrogens (tertiary/aromatic N) is 5. The van der Waals surface area contributed by atoms with Crippen LogP contribution in [-0.4, -0.2) is 34.3 Å². The Bertz CT molecular complexity index is 1050. The highest BCUT2D eigenvalue weighted by Crippen LogP contribution is 2.21. The fraction of sp³-hybridized carbons (Fsp3) is 0.333. The highest BCUT2D eigenvalue weighted by Gasteiger charge is 2.16. The monoisotopic (exact) mass is 550 g/mol. The van der Waals surface area contributed by atoms with Gasteiger partial charge >= 0.3 is 0 Å². The van der Waals surface area contributed by atoms with Crippen LogP contribution in [0.3, 0.4) is 0 Å². The first-order valence-electron chi connectivity index (χ1n) is 9.73. The van der Waals surface area contributed by atoms with Gasteiger partial charge in [0, 0.05) is 18.5 Å². The Balaban J connectivity index is 0.00000341. The molecule has 0 atom stereocenters. The predicted molar refractivity (Wildman–Crippen MR) is 136 cm³/mol. The molecule has 3 rings (SSSR count). The van der Waals surface area contributed by atoms with Crippen molar-refractivity contribution < 1.29 is 0 Å². The molecule has 1 aromatic carbocycles. The zero-order valence-corrected chi connectivity index (χ0v) is 21.0. The van der Waals surface area contributed by atoms with Crippen LogP contribution >= 0.6 is 35.3 Å². The molecule has 0 bridgehead atoms. The van der Waals surface area contributed by atoms with Gasteiger partial charge < -0.3 is 16.4 Å². The van der Waals surface area contributed by atoms with Crippen LogP contribution in [0, 0.1) is 25.2 Å². The van der Waals surface area contributed by atoms with E-state index in [9.17, 15) is 5.26 Å². The molecular formula is C21H27IN8S. The Morgan fingerprint density at radius 3 is 2.61 bits per heavy atom. The molecule has 0 aliphatic carbocycles. The summed E-state index contributed by atoms with van der Waals surface area (Å²) in [5, 5.41) is 21.7. The molecule has 0 unspecified atom stereocenters. The molecule has 31 heavy (non-hydrogen) atoms. The molecule has 0 radical (unpaired) electrons. The molecule has 0 spiro atoms. The quantitative estimate of drug-likeness (QED) is 0.180. The number of nitriles is 1. The summed E-state index contributed by atoms with van der Waals surface area (Å²) in [5.74, 6) is 1.09. The lowest BCUT2D eigenvalue weighted by atomic mass is 10.1. The summed E-state index contributed by atoms with van der Waals surface area (Å²) < 4.78 is 1.62. The average Bonchev–Trinajstić information content (AvgIpc) is 3.25. The predicted octanol–water partition coefficient (Wildman–Crippen LogP) is 3.32. The van der Waals surface area contributed by atoms with Crippen molar-refractivity contribution in [3.8, 4) is 11.8 Å². The average molecular weight is 550 g/mol. The fourth-order valence-corrected chi connectivity index (χ4v) is 3.87. The summed E-state index contributed by atoms with van der Waals surface area (Å²) in [6.07, 6.45) is 1.43. The van der Waals surface area contributed by atoms with E-state index in [0.717, 1.165) is 28.8 Å². The summed E-state index contributed by atoms with van der Waals surface area (Å²) in [4.78, 5) is 10.0. The van der Waals surface area contributed by atoms with Gasteiger partial charge in [-0.15, -0.1) is 35.3 Å². The molecule has 0 amide bonds. The summed E-state index contributed by atoms with van der Waals surface area (Å²) in [6, 6.07) is 11.8. The van der Waals surface area contributed by atoms with Crippen LogP contribution in [0.5, 0.6) is 0 Å². The number of benzene rings is 1. The zero-order valence-electron chi connectivity index (χ0n) is 17.8. The maximum atomic E-state index is 9.51. The third-order valence-electron chi connectivity index (χ3n) is 4.69. The van der Waals surface area contributed by atoms with Crippen molar-refractivity contribution in [1.82, 2.24) is 25.4 Å². The number of aliphatic imine (C=N–C) groups is 1. The summed E-state index contributed by atoms with van der Waals surface area (Å²) in [7, 11) is 1.74. The number of guanidine groups is 1. The number of thiazole rings is 1. The van der Waals surface area contributed by atoms with Gasteiger partial charge in [0.05, 0.1) is 23.6 Å². The lowest BCUT2D eigenvalue weighted by molar-refractivity contribution is 0.721. The maximum Gasteiger partial charge on any atom is 0.191 e. The van der Waals surface area contributed by atoms with Crippen LogP contribution in [0.15, 0.2) is 35.3 Å². The molecule has 2 aromatic heterocycles. The number of aryl methyl sites for hydroxylation is 3. The van der Waals surface area contributed by atoms with Crippen LogP contribution in [0.25, 0.3) is 5.69 Å². The molecule has 2 heterocycles. The standard InChI is InChI=1S/C21H26N8S.HI/c1-14-15(2)30-19(27-14)13-26-21(24-3)25-11-7-10-18-17(12-22)20(23)29(28-18)16-8-5-4-6-9-16;/h4-6,8-9H,7,10-11,13,23H2,1-3H3,(H2,24,25,26);1H. The van der Waals surface area contributed by atoms with E-state index in [0.29, 0.717) is 36.6 Å². The van der Waals surface area contributed by atoms with Gasteiger partial charge in [0.2, 0.25) is 0 Å². The van der Waals surface area contributed by atoms with E-state index in [-0.39, 0.29) is 24.0 Å². The summed E-state index contributed by atoms with van der Waals surface area (Å²) >= 11 is 1.69. The number of hydrogen-bond acceptors (Lipinski definition) is 6. The third kappa shape index (κ3) is 6.18. The zero-order chi connectivity index (χ0) is 21.5. The van der Waals surface area contributed by atoms with Crippen LogP contribution in [0.1, 0.15) is 33.3 Å². The number of rotatable bonds is 7. The number of nitrogens with one attached hydrogen (secondary N) is 2. The van der Waals surface area contributed by atoms with Crippen molar-refractivity contribution >= 4 is 47.1 Å². The minimum atomic E-state index is 0. The van der Waals surface area contributed by atoms with E-state index in [1.165, 1.54) is 4.88 Å². The lowest BCUT2D eigenvalue weighted by Crippen LogP contribution is -2.37. The SMILES string of the molecule is CN=C(NCCCc1nn(-c2ccccc2)c(N)c1C#N)NCc1nc(C)c(C)s1.I. The number of para-hydroxylation sites is 1. The van der Waals surface area contributed by atoms with E-state index in [1.54, 1.807) is 23.1 Å². The Kier molecular flexibility index (Phi) is 9.26. The molecule has 0 fully saturated rings. The molecule has 0 saturated heterocycles. The maximum absolute atomic E-state index is 9.51. The minimum Gasteiger partial charge on any atom is -0.382 e. The number of aromatic nitrogens is 3. The molecule has 3 aromatic rings. The number of anilines is 1. The Morgan fingerprint density at radius 2 is 2.00 bits per heavy atom. The first kappa shape index (κ1) is 24.6. The molecule has 0 saturated carbocycles. The fourth-order valence-electron chi connectivity index (χ4n) is 3.00. The van der Waals surface area contributed by atoms with Crippen molar-refractivity contribution in [2.75, 3.05) is 19.3 Å². The van der Waals surface area contributed by atoms with E-state index < -0.39 is 0 Å². The second kappa shape index (κ2) is 11.7. The minimum absolute atomic E-state index is 0. The number of hydrogen-bond donors (Lipinski definition) is 3. The number of nitrogen functional groups attached to an aromatic ring is 1. The van der Waals surface area contributed by atoms with Crippen molar-refractivity contribution in [3.63, 3.8) is 0 Å². The van der Waals surface area contributed by atoms with Crippen LogP contribution < -0.4 is 16.4 Å². The Hall–Kier alpha value is -2.65. The molecule has 0 aliphatic rings. The second-order valence-electron chi connectivity index (χ2n) is 6.77. The van der Waals surface area contributed by atoms with Crippen LogP contribution in [-0.2, 0) is 13.0 Å². The second-order valence-corrected chi connectivity index (χ2v) is 8.06. The highest BCUT2D eigenvalue weighted by atomic mass is 127. The van der Waals surface area contributed by atoms with Gasteiger partial charge in [-0.25, -0.2) is 9.67 Å². The van der Waals surface area contributed by atoms with Gasteiger partial charge in [-0.2, -0.15) is 10.4 Å². The third-order valence-corrected chi connectivity index (χ3v) is 5.77. The van der Waals surface area contributed by atoms with Gasteiger partial charge in [0.15, 0.2) is 5.96 Å². The van der Waals surface area contributed by atoms with Crippen molar-refractivity contribution in [2.24, 2.45) is 4.99 Å². The van der Waals surface area contributed by atoms with Crippen molar-refractivity contribution in [3.05, 3.63) is 57.2 Å². The molecule has 0 aliphatic heterocycles. The normalized spacial score (nSPS) is 11.0. The van der Waals surface area contributed by atoms with Gasteiger partial charge in [-0.1, -0.05) is 18.2 Å². The van der Waals surface area contributed by atoms with Crippen molar-refractivity contribution in [2.45, 2.75) is 33.2 Å². The Morgan fingerprint density at radius 1 is 1.26 bits per heavy atom. The van der Waals surface area contributed by atoms with E-state index in [2.05, 4.69) is 38.7 Å². The molecule has 8 nitrogen and oxygen atoms in total. The van der Waals surface area contributed by atoms with E-state index in [1.807, 2.05) is 37.3 Å². The smallest absolute Gasteiger partial charge is 0.191 e. The first-order valence-corrected chi connectivity index (χ1v) is 10.6. The van der Waals surface area contributed by atoms with Gasteiger partial charge in [-0.3, -0.25) is 4.99 Å². The summed E-state index contributed by atoms with van der Waals surface area (Å²) in [5.41, 5.74) is 9.21. The molecule has 164 valence electrons. The van der Waals surface area contributed by atoms with Crippen LogP contribution in [0.2, 0.25) is 0 Å². The first-order chi connectivity index (χ1) is 14.5. The summed E-state index contributed by atoms with van der Waals surface area (Å²) in [6.45, 7) is 5.42. The van der Waals surface area contributed by atoms with Gasteiger partial charge in [-0.05, 0) is 38.8 Å². The number of nitrogens with two attached hydrogens (primary N) is 1. The lowest BCUT2D eigenvalue weighted by Gasteiger charge is -2.10. The van der Waals surface area contributed by atoms with Crippen LogP contribution in [0.4, 0.5) is 5.82 Å². The van der Waals surface area contributed by atoms with Crippen molar-refractivity contribution in [1.29, 1.82) is 5.26 Å². The van der Waals surface area contributed by atoms with E-state index >= 15 is 0 Å².